The van der Waals surface area contributed by atoms with E-state index in [0.717, 1.165) is 24.8 Å². The number of nitrogens with zero attached hydrogens (tertiary/aromatic N) is 3. The fourth-order valence-electron chi connectivity index (χ4n) is 4.65. The third-order valence-corrected chi connectivity index (χ3v) is 6.56. The Kier molecular flexibility index (Phi) is 6.92. The maximum atomic E-state index is 13.4. The molecule has 3 aromatic rings. The molecule has 2 atom stereocenters. The number of unbranched alkanes of at least 4 members (excludes halogenated alkanes) is 1. The second-order valence-corrected chi connectivity index (χ2v) is 8.74. The van der Waals surface area contributed by atoms with Gasteiger partial charge in [0.05, 0.1) is 6.04 Å². The number of hydrogen-bond donors (Lipinski definition) is 1. The fraction of sp³-hybridized carbons (Fsp3) is 0.370. The first-order chi connectivity index (χ1) is 16.0. The van der Waals surface area contributed by atoms with Gasteiger partial charge < -0.3 is 10.0 Å². The summed E-state index contributed by atoms with van der Waals surface area (Å²) in [6.45, 7) is 5.08. The molecule has 0 bridgehead atoms. The van der Waals surface area contributed by atoms with Gasteiger partial charge in [0.25, 0.3) is 11.5 Å². The second kappa shape index (κ2) is 10.0. The summed E-state index contributed by atoms with van der Waals surface area (Å²) in [5, 5.41) is 11.3. The average Bonchev–Trinajstić information content (AvgIpc) is 3.34. The van der Waals surface area contributed by atoms with Gasteiger partial charge in [-0.15, -0.1) is 0 Å². The van der Waals surface area contributed by atoms with E-state index in [2.05, 4.69) is 24.0 Å². The Labute approximate surface area is 194 Å². The molecule has 1 N–H and O–H groups in total. The first-order valence-corrected chi connectivity index (χ1v) is 11.7. The Morgan fingerprint density at radius 2 is 1.79 bits per heavy atom. The second-order valence-electron chi connectivity index (χ2n) is 8.74. The topological polar surface area (TPSA) is 75.4 Å². The predicted molar refractivity (Wildman–Crippen MR) is 129 cm³/mol. The van der Waals surface area contributed by atoms with Gasteiger partial charge in [-0.3, -0.25) is 14.2 Å². The lowest BCUT2D eigenvalue weighted by atomic mass is 9.99. The molecule has 4 rings (SSSR count). The number of carbonyl (C=O) groups is 1. The first kappa shape index (κ1) is 22.8. The van der Waals surface area contributed by atoms with Crippen molar-refractivity contribution in [2.75, 3.05) is 13.1 Å². The number of carbonyl (C=O) groups excluding carboxylic acids is 1. The molecule has 1 amide bonds. The van der Waals surface area contributed by atoms with Crippen molar-refractivity contribution in [1.82, 2.24) is 14.5 Å². The minimum atomic E-state index is -0.650. The lowest BCUT2D eigenvalue weighted by molar-refractivity contribution is 0.0783. The smallest absolute Gasteiger partial charge is 0.289 e. The van der Waals surface area contributed by atoms with Crippen molar-refractivity contribution in [2.24, 2.45) is 0 Å². The summed E-state index contributed by atoms with van der Waals surface area (Å²) < 4.78 is 1.66. The van der Waals surface area contributed by atoms with E-state index >= 15 is 0 Å². The molecule has 1 saturated heterocycles. The number of likely N-dealkylation sites (tertiary alicyclic amines) is 1. The van der Waals surface area contributed by atoms with Gasteiger partial charge in [0.1, 0.15) is 5.82 Å². The largest absolute Gasteiger partial charge is 0.494 e. The minimum Gasteiger partial charge on any atom is -0.494 e. The molecule has 172 valence electrons. The average molecular weight is 446 g/mol. The van der Waals surface area contributed by atoms with E-state index < -0.39 is 11.5 Å². The van der Waals surface area contributed by atoms with Crippen LogP contribution in [0.3, 0.4) is 0 Å². The summed E-state index contributed by atoms with van der Waals surface area (Å²) in [5.74, 6) is 0.000450. The summed E-state index contributed by atoms with van der Waals surface area (Å²) in [6.07, 6.45) is 3.16. The van der Waals surface area contributed by atoms with Gasteiger partial charge in [-0.2, -0.15) is 4.98 Å². The third kappa shape index (κ3) is 4.70. The van der Waals surface area contributed by atoms with Gasteiger partial charge in [-0.05, 0) is 30.9 Å². The number of hydrogen-bond acceptors (Lipinski definition) is 4. The molecule has 0 unspecified atom stereocenters. The normalized spacial score (nSPS) is 16.7. The van der Waals surface area contributed by atoms with Crippen molar-refractivity contribution >= 4 is 5.91 Å². The van der Waals surface area contributed by atoms with Crippen LogP contribution in [0.4, 0.5) is 0 Å². The van der Waals surface area contributed by atoms with Crippen LogP contribution in [0.1, 0.15) is 72.4 Å². The lowest BCUT2D eigenvalue weighted by Gasteiger charge is -2.24. The van der Waals surface area contributed by atoms with Crippen LogP contribution in [-0.2, 0) is 6.42 Å². The minimum absolute atomic E-state index is 0.222. The quantitative estimate of drug-likeness (QED) is 0.580. The van der Waals surface area contributed by atoms with Gasteiger partial charge in [-0.25, -0.2) is 0 Å². The number of aromatic hydroxyl groups is 1. The molecule has 1 aliphatic rings. The van der Waals surface area contributed by atoms with Crippen molar-refractivity contribution in [3.05, 3.63) is 93.5 Å². The maximum absolute atomic E-state index is 13.4. The SMILES string of the molecule is CCCCc1nc(=O)c(C(=O)N2CC[C@H](c3ccccc3)C2)c(O)n1[C@H](C)c1ccccc1. The van der Waals surface area contributed by atoms with Crippen LogP contribution < -0.4 is 5.56 Å². The molecule has 6 nitrogen and oxygen atoms in total. The number of aryl methyl sites for hydroxylation is 1. The monoisotopic (exact) mass is 445 g/mol. The molecule has 1 fully saturated rings. The number of amides is 1. The van der Waals surface area contributed by atoms with Crippen molar-refractivity contribution in [2.45, 2.75) is 51.5 Å². The standard InChI is InChI=1S/C27H31N3O3/c1-3-4-15-23-28-25(31)24(27(33)30(23)19(2)20-11-7-5-8-12-20)26(32)29-17-16-22(18-29)21-13-9-6-10-14-21/h5-14,19,22,33H,3-4,15-18H2,1-2H3/t19-,22+/m1/s1. The highest BCUT2D eigenvalue weighted by atomic mass is 16.3. The van der Waals surface area contributed by atoms with Crippen molar-refractivity contribution in [1.29, 1.82) is 0 Å². The van der Waals surface area contributed by atoms with E-state index in [1.807, 2.05) is 55.5 Å². The van der Waals surface area contributed by atoms with Crippen molar-refractivity contribution < 1.29 is 9.90 Å². The van der Waals surface area contributed by atoms with Crippen molar-refractivity contribution in [3.8, 4) is 5.88 Å². The molecule has 0 radical (unpaired) electrons. The Hall–Kier alpha value is -3.41. The third-order valence-electron chi connectivity index (χ3n) is 6.56. The van der Waals surface area contributed by atoms with Crippen LogP contribution in [0.5, 0.6) is 5.88 Å². The Morgan fingerprint density at radius 1 is 1.12 bits per heavy atom. The zero-order chi connectivity index (χ0) is 23.4. The summed E-state index contributed by atoms with van der Waals surface area (Å²) >= 11 is 0. The van der Waals surface area contributed by atoms with E-state index in [-0.39, 0.29) is 23.4 Å². The number of aromatic nitrogens is 2. The number of rotatable bonds is 7. The Bertz CT molecular complexity index is 1160. The van der Waals surface area contributed by atoms with E-state index in [9.17, 15) is 14.7 Å². The zero-order valence-corrected chi connectivity index (χ0v) is 19.3. The molecule has 0 saturated carbocycles. The molecule has 6 heteroatoms. The predicted octanol–water partition coefficient (Wildman–Crippen LogP) is 4.53. The molecule has 2 heterocycles. The molecule has 1 aliphatic heterocycles. The molecular weight excluding hydrogens is 414 g/mol. The molecule has 2 aromatic carbocycles. The highest BCUT2D eigenvalue weighted by Gasteiger charge is 2.33. The van der Waals surface area contributed by atoms with Crippen LogP contribution >= 0.6 is 0 Å². The summed E-state index contributed by atoms with van der Waals surface area (Å²) in [6, 6.07) is 19.6. The van der Waals surface area contributed by atoms with Crippen LogP contribution in [0.2, 0.25) is 0 Å². The van der Waals surface area contributed by atoms with E-state index in [0.29, 0.717) is 25.3 Å². The van der Waals surface area contributed by atoms with Gasteiger partial charge in [0.2, 0.25) is 5.88 Å². The van der Waals surface area contributed by atoms with E-state index in [1.54, 1.807) is 9.47 Å². The van der Waals surface area contributed by atoms with Crippen LogP contribution in [0.25, 0.3) is 0 Å². The van der Waals surface area contributed by atoms with Crippen LogP contribution in [0, 0.1) is 0 Å². The summed E-state index contributed by atoms with van der Waals surface area (Å²) in [7, 11) is 0. The maximum Gasteiger partial charge on any atom is 0.289 e. The van der Waals surface area contributed by atoms with Gasteiger partial charge in [0, 0.05) is 25.4 Å². The highest BCUT2D eigenvalue weighted by molar-refractivity contribution is 5.96. The molecular formula is C27H31N3O3. The van der Waals surface area contributed by atoms with Gasteiger partial charge in [0.15, 0.2) is 5.56 Å². The highest BCUT2D eigenvalue weighted by Crippen LogP contribution is 2.31. The molecule has 0 aliphatic carbocycles. The Morgan fingerprint density at radius 3 is 2.45 bits per heavy atom. The van der Waals surface area contributed by atoms with Crippen molar-refractivity contribution in [3.63, 3.8) is 0 Å². The first-order valence-electron chi connectivity index (χ1n) is 11.7. The zero-order valence-electron chi connectivity index (χ0n) is 19.3. The molecule has 0 spiro atoms. The summed E-state index contributed by atoms with van der Waals surface area (Å²) in [4.78, 5) is 32.3. The summed E-state index contributed by atoms with van der Waals surface area (Å²) in [5.41, 5.74) is 1.27. The van der Waals surface area contributed by atoms with Gasteiger partial charge >= 0.3 is 0 Å². The number of benzene rings is 2. The van der Waals surface area contributed by atoms with Crippen LogP contribution in [0.15, 0.2) is 65.5 Å². The van der Waals surface area contributed by atoms with E-state index in [4.69, 9.17) is 0 Å². The van der Waals surface area contributed by atoms with Gasteiger partial charge in [-0.1, -0.05) is 74.0 Å². The van der Waals surface area contributed by atoms with E-state index in [1.165, 1.54) is 5.56 Å². The Balaban J connectivity index is 1.70. The fourth-order valence-corrected chi connectivity index (χ4v) is 4.65. The molecule has 33 heavy (non-hydrogen) atoms. The van der Waals surface area contributed by atoms with Crippen LogP contribution in [-0.4, -0.2) is 38.6 Å². The molecule has 1 aromatic heterocycles. The lowest BCUT2D eigenvalue weighted by Crippen LogP contribution is -2.35.